The molecule has 2 aliphatic carbocycles. The fourth-order valence-corrected chi connectivity index (χ4v) is 5.05. The number of carbonyl (C=O) groups excluding carboxylic acids is 1. The molecule has 3 aliphatic rings. The Kier molecular flexibility index (Phi) is 5.19. The zero-order valence-corrected chi connectivity index (χ0v) is 16.4. The van der Waals surface area contributed by atoms with Crippen LogP contribution in [0.2, 0.25) is 10.0 Å². The molecule has 0 aromatic heterocycles. The normalized spacial score (nSPS) is 30.1. The van der Waals surface area contributed by atoms with Crippen molar-refractivity contribution in [2.24, 2.45) is 23.7 Å². The molecule has 5 nitrogen and oxygen atoms in total. The molecule has 144 valence electrons. The number of aliphatic carboxylic acids is 1. The van der Waals surface area contributed by atoms with Crippen molar-refractivity contribution in [1.82, 2.24) is 9.80 Å². The second-order valence-electron chi connectivity index (χ2n) is 7.69. The number of piperazine rings is 1. The van der Waals surface area contributed by atoms with Gasteiger partial charge in [-0.1, -0.05) is 41.4 Å². The zero-order chi connectivity index (χ0) is 19.1. The highest BCUT2D eigenvalue weighted by atomic mass is 35.5. The lowest BCUT2D eigenvalue weighted by Gasteiger charge is -2.37. The fourth-order valence-electron chi connectivity index (χ4n) is 4.73. The first-order valence-corrected chi connectivity index (χ1v) is 10.1. The van der Waals surface area contributed by atoms with Gasteiger partial charge in [0.2, 0.25) is 5.91 Å². The topological polar surface area (TPSA) is 60.9 Å². The van der Waals surface area contributed by atoms with Crippen LogP contribution in [-0.4, -0.2) is 53.0 Å². The predicted octanol–water partition coefficient (Wildman–Crippen LogP) is 3.16. The van der Waals surface area contributed by atoms with Crippen molar-refractivity contribution >= 4 is 35.1 Å². The summed E-state index contributed by atoms with van der Waals surface area (Å²) in [6.45, 7) is 3.54. The first kappa shape index (κ1) is 18.8. The van der Waals surface area contributed by atoms with Crippen LogP contribution in [0.1, 0.15) is 12.0 Å². The van der Waals surface area contributed by atoms with Crippen molar-refractivity contribution in [2.45, 2.75) is 13.0 Å². The van der Waals surface area contributed by atoms with Crippen LogP contribution in [0.3, 0.4) is 0 Å². The third kappa shape index (κ3) is 3.60. The first-order valence-electron chi connectivity index (χ1n) is 9.30. The minimum absolute atomic E-state index is 0.00781. The van der Waals surface area contributed by atoms with Gasteiger partial charge in [-0.3, -0.25) is 14.5 Å². The van der Waals surface area contributed by atoms with Crippen LogP contribution < -0.4 is 0 Å². The van der Waals surface area contributed by atoms with Crippen LogP contribution >= 0.6 is 23.2 Å². The van der Waals surface area contributed by atoms with Crippen LogP contribution in [0.25, 0.3) is 0 Å². The van der Waals surface area contributed by atoms with Gasteiger partial charge in [0, 0.05) is 32.7 Å². The number of halogens is 2. The number of carboxylic acids is 1. The molecular formula is C20H22Cl2N2O3. The number of allylic oxidation sites excluding steroid dienone is 2. The predicted molar refractivity (Wildman–Crippen MR) is 104 cm³/mol. The number of carbonyl (C=O) groups is 2. The quantitative estimate of drug-likeness (QED) is 0.777. The van der Waals surface area contributed by atoms with Crippen LogP contribution in [0.4, 0.5) is 0 Å². The molecule has 2 fully saturated rings. The second kappa shape index (κ2) is 7.46. The summed E-state index contributed by atoms with van der Waals surface area (Å²) in [7, 11) is 0. The molecule has 1 saturated heterocycles. The number of carboxylic acid groups (broad SMARTS) is 1. The van der Waals surface area contributed by atoms with E-state index in [1.54, 1.807) is 6.07 Å². The Hall–Kier alpha value is -1.56. The summed E-state index contributed by atoms with van der Waals surface area (Å²) in [6, 6.07) is 5.64. The highest BCUT2D eigenvalue weighted by Crippen LogP contribution is 2.48. The molecule has 1 aliphatic heterocycles. The summed E-state index contributed by atoms with van der Waals surface area (Å²) in [5, 5.41) is 10.7. The molecule has 0 radical (unpaired) electrons. The number of nitrogens with zero attached hydrogens (tertiary/aromatic N) is 2. The van der Waals surface area contributed by atoms with Crippen molar-refractivity contribution < 1.29 is 14.7 Å². The average molecular weight is 409 g/mol. The molecule has 1 aromatic rings. The van der Waals surface area contributed by atoms with Crippen molar-refractivity contribution in [3.05, 3.63) is 46.0 Å². The molecule has 1 amide bonds. The lowest BCUT2D eigenvalue weighted by Crippen LogP contribution is -2.52. The van der Waals surface area contributed by atoms with E-state index >= 15 is 0 Å². The van der Waals surface area contributed by atoms with Gasteiger partial charge in [0.15, 0.2) is 0 Å². The number of hydrogen-bond donors (Lipinski definition) is 1. The number of fused-ring (bicyclic) bond motifs is 2. The summed E-state index contributed by atoms with van der Waals surface area (Å²) in [5.41, 5.74) is 1.09. The number of rotatable bonds is 4. The lowest BCUT2D eigenvalue weighted by atomic mass is 9.82. The van der Waals surface area contributed by atoms with Gasteiger partial charge in [-0.05, 0) is 36.0 Å². The van der Waals surface area contributed by atoms with Crippen LogP contribution in [0, 0.1) is 23.7 Å². The Balaban J connectivity index is 1.36. The second-order valence-corrected chi connectivity index (χ2v) is 8.50. The molecule has 1 N–H and O–H groups in total. The SMILES string of the molecule is O=C(O)[C@H]1[C@H](C(=O)N2CCN(Cc3ccc(Cl)c(Cl)c3)CC2)[C@H]2C=C[C@H]1C2. The van der Waals surface area contributed by atoms with Crippen molar-refractivity contribution in [3.8, 4) is 0 Å². The van der Waals surface area contributed by atoms with E-state index < -0.39 is 17.8 Å². The average Bonchev–Trinajstić information content (AvgIpc) is 3.26. The molecule has 27 heavy (non-hydrogen) atoms. The standard InChI is InChI=1S/C20H22Cl2N2O3/c21-15-4-1-12(9-16(15)22)11-23-5-7-24(8-6-23)19(25)17-13-2-3-14(10-13)18(17)20(26)27/h1-4,9,13-14,17-18H,5-8,10-11H2,(H,26,27)/t13-,14-,17+,18+/m0/s1. The monoisotopic (exact) mass is 408 g/mol. The van der Waals surface area contributed by atoms with E-state index in [0.29, 0.717) is 23.1 Å². The van der Waals surface area contributed by atoms with Gasteiger partial charge < -0.3 is 10.0 Å². The third-order valence-electron chi connectivity index (χ3n) is 6.10. The van der Waals surface area contributed by atoms with Crippen molar-refractivity contribution in [1.29, 1.82) is 0 Å². The Morgan fingerprint density at radius 1 is 1.00 bits per heavy atom. The minimum Gasteiger partial charge on any atom is -0.481 e. The first-order chi connectivity index (χ1) is 12.9. The van der Waals surface area contributed by atoms with Gasteiger partial charge in [-0.2, -0.15) is 0 Å². The number of benzene rings is 1. The summed E-state index contributed by atoms with van der Waals surface area (Å²) in [5.74, 6) is -1.71. The Labute approximate surface area is 168 Å². The molecular weight excluding hydrogens is 387 g/mol. The Bertz CT molecular complexity index is 789. The number of amides is 1. The largest absolute Gasteiger partial charge is 0.481 e. The van der Waals surface area contributed by atoms with Gasteiger partial charge in [-0.25, -0.2) is 0 Å². The fraction of sp³-hybridized carbons (Fsp3) is 0.500. The van der Waals surface area contributed by atoms with E-state index in [4.69, 9.17) is 23.2 Å². The van der Waals surface area contributed by atoms with E-state index in [1.807, 2.05) is 29.2 Å². The van der Waals surface area contributed by atoms with Gasteiger partial charge in [-0.15, -0.1) is 0 Å². The Morgan fingerprint density at radius 2 is 1.67 bits per heavy atom. The summed E-state index contributed by atoms with van der Waals surface area (Å²) < 4.78 is 0. The van der Waals surface area contributed by atoms with Gasteiger partial charge >= 0.3 is 5.97 Å². The van der Waals surface area contributed by atoms with E-state index in [0.717, 1.165) is 31.6 Å². The maximum atomic E-state index is 13.0. The molecule has 2 bridgehead atoms. The number of hydrogen-bond acceptors (Lipinski definition) is 3. The van der Waals surface area contributed by atoms with Crippen LogP contribution in [0.5, 0.6) is 0 Å². The molecule has 0 unspecified atom stereocenters. The van der Waals surface area contributed by atoms with Gasteiger partial charge in [0.1, 0.15) is 0 Å². The summed E-state index contributed by atoms with van der Waals surface area (Å²) >= 11 is 12.0. The minimum atomic E-state index is -0.844. The van der Waals surface area contributed by atoms with Crippen molar-refractivity contribution in [3.63, 3.8) is 0 Å². The highest BCUT2D eigenvalue weighted by molar-refractivity contribution is 6.42. The molecule has 1 aromatic carbocycles. The molecule has 7 heteroatoms. The molecule has 0 spiro atoms. The van der Waals surface area contributed by atoms with Crippen molar-refractivity contribution in [2.75, 3.05) is 26.2 Å². The smallest absolute Gasteiger partial charge is 0.307 e. The van der Waals surface area contributed by atoms with Gasteiger partial charge in [0.05, 0.1) is 21.9 Å². The molecule has 4 atom stereocenters. The van der Waals surface area contributed by atoms with E-state index in [2.05, 4.69) is 4.90 Å². The summed E-state index contributed by atoms with van der Waals surface area (Å²) in [6.07, 6.45) is 4.81. The molecule has 1 saturated carbocycles. The lowest BCUT2D eigenvalue weighted by molar-refractivity contribution is -0.151. The van der Waals surface area contributed by atoms with E-state index in [9.17, 15) is 14.7 Å². The Morgan fingerprint density at radius 3 is 2.30 bits per heavy atom. The maximum absolute atomic E-state index is 13.0. The molecule has 1 heterocycles. The van der Waals surface area contributed by atoms with Gasteiger partial charge in [0.25, 0.3) is 0 Å². The highest BCUT2D eigenvalue weighted by Gasteiger charge is 2.52. The molecule has 4 rings (SSSR count). The summed E-state index contributed by atoms with van der Waals surface area (Å²) in [4.78, 5) is 28.8. The third-order valence-corrected chi connectivity index (χ3v) is 6.84. The van der Waals surface area contributed by atoms with E-state index in [1.165, 1.54) is 0 Å². The zero-order valence-electron chi connectivity index (χ0n) is 14.9. The van der Waals surface area contributed by atoms with Crippen LogP contribution in [-0.2, 0) is 16.1 Å². The maximum Gasteiger partial charge on any atom is 0.307 e. The van der Waals surface area contributed by atoms with Crippen LogP contribution in [0.15, 0.2) is 30.4 Å². The van der Waals surface area contributed by atoms with E-state index in [-0.39, 0.29) is 17.7 Å².